The van der Waals surface area contributed by atoms with Crippen molar-refractivity contribution < 1.29 is 14.7 Å². The topological polar surface area (TPSA) is 69.6 Å². The molecule has 1 saturated heterocycles. The van der Waals surface area contributed by atoms with E-state index in [-0.39, 0.29) is 6.03 Å². The van der Waals surface area contributed by atoms with Gasteiger partial charge in [-0.1, -0.05) is 13.0 Å². The summed E-state index contributed by atoms with van der Waals surface area (Å²) < 4.78 is 0. The van der Waals surface area contributed by atoms with Crippen LogP contribution in [-0.2, 0) is 4.79 Å². The number of thiophene rings is 1. The summed E-state index contributed by atoms with van der Waals surface area (Å²) in [4.78, 5) is 25.5. The maximum atomic E-state index is 12.0. The van der Waals surface area contributed by atoms with Crippen LogP contribution in [0.5, 0.6) is 0 Å². The predicted molar refractivity (Wildman–Crippen MR) is 68.6 cm³/mol. The van der Waals surface area contributed by atoms with Crippen molar-refractivity contribution in [3.05, 3.63) is 22.4 Å². The minimum atomic E-state index is -1.03. The monoisotopic (exact) mass is 268 g/mol. The summed E-state index contributed by atoms with van der Waals surface area (Å²) >= 11 is 1.33. The highest BCUT2D eigenvalue weighted by molar-refractivity contribution is 7.10. The Morgan fingerprint density at radius 1 is 1.61 bits per heavy atom. The van der Waals surface area contributed by atoms with Crippen molar-refractivity contribution in [2.75, 3.05) is 13.1 Å². The molecule has 1 aromatic rings. The molecule has 0 aromatic carbocycles. The van der Waals surface area contributed by atoms with Gasteiger partial charge in [-0.15, -0.1) is 11.3 Å². The highest BCUT2D eigenvalue weighted by Gasteiger charge is 2.28. The van der Waals surface area contributed by atoms with Crippen LogP contribution in [-0.4, -0.2) is 35.1 Å². The average molecular weight is 268 g/mol. The van der Waals surface area contributed by atoms with Crippen LogP contribution in [0.1, 0.15) is 24.3 Å². The van der Waals surface area contributed by atoms with E-state index in [2.05, 4.69) is 12.2 Å². The van der Waals surface area contributed by atoms with E-state index in [1.54, 1.807) is 22.4 Å². The number of carbonyl (C=O) groups excluding carboxylic acids is 1. The molecule has 98 valence electrons. The minimum Gasteiger partial charge on any atom is -0.479 e. The van der Waals surface area contributed by atoms with Crippen LogP contribution < -0.4 is 5.32 Å². The molecule has 2 N–H and O–H groups in total. The first-order valence-corrected chi connectivity index (χ1v) is 6.77. The Bertz CT molecular complexity index is 433. The van der Waals surface area contributed by atoms with Crippen molar-refractivity contribution in [3.63, 3.8) is 0 Å². The second-order valence-corrected chi connectivity index (χ2v) is 5.56. The third-order valence-corrected chi connectivity index (χ3v) is 3.99. The number of carboxylic acid groups (broad SMARTS) is 1. The van der Waals surface area contributed by atoms with Gasteiger partial charge in [0.05, 0.1) is 0 Å². The summed E-state index contributed by atoms with van der Waals surface area (Å²) in [5, 5.41) is 13.5. The molecule has 2 heterocycles. The van der Waals surface area contributed by atoms with E-state index >= 15 is 0 Å². The molecule has 1 fully saturated rings. The lowest BCUT2D eigenvalue weighted by Crippen LogP contribution is -2.42. The molecular weight excluding hydrogens is 252 g/mol. The van der Waals surface area contributed by atoms with E-state index in [0.29, 0.717) is 23.9 Å². The quantitative estimate of drug-likeness (QED) is 0.880. The van der Waals surface area contributed by atoms with Crippen LogP contribution in [0.3, 0.4) is 0 Å². The van der Waals surface area contributed by atoms with Crippen molar-refractivity contribution in [2.24, 2.45) is 5.92 Å². The number of carboxylic acids is 1. The van der Waals surface area contributed by atoms with Gasteiger partial charge in [-0.05, 0) is 23.8 Å². The van der Waals surface area contributed by atoms with E-state index in [1.165, 1.54) is 11.3 Å². The second-order valence-electron chi connectivity index (χ2n) is 4.58. The fraction of sp³-hybridized carbons (Fsp3) is 0.500. The van der Waals surface area contributed by atoms with Crippen molar-refractivity contribution in [3.8, 4) is 0 Å². The Hall–Kier alpha value is -1.56. The maximum absolute atomic E-state index is 12.0. The Labute approximate surface area is 109 Å². The van der Waals surface area contributed by atoms with Crippen LogP contribution in [0.2, 0.25) is 0 Å². The van der Waals surface area contributed by atoms with Gasteiger partial charge < -0.3 is 15.3 Å². The molecule has 1 aromatic heterocycles. The second kappa shape index (κ2) is 5.39. The molecule has 1 aliphatic heterocycles. The molecule has 5 nitrogen and oxygen atoms in total. The highest BCUT2D eigenvalue weighted by atomic mass is 32.1. The van der Waals surface area contributed by atoms with E-state index in [9.17, 15) is 9.59 Å². The van der Waals surface area contributed by atoms with Gasteiger partial charge >= 0.3 is 12.0 Å². The van der Waals surface area contributed by atoms with Crippen molar-refractivity contribution >= 4 is 23.3 Å². The Morgan fingerprint density at radius 2 is 2.39 bits per heavy atom. The lowest BCUT2D eigenvalue weighted by Gasteiger charge is -2.20. The molecule has 0 aliphatic carbocycles. The van der Waals surface area contributed by atoms with Crippen LogP contribution in [0.25, 0.3) is 0 Å². The normalized spacial score (nSPS) is 20.7. The minimum absolute atomic E-state index is 0.292. The molecule has 2 amide bonds. The number of amides is 2. The molecule has 0 spiro atoms. The summed E-state index contributed by atoms with van der Waals surface area (Å²) in [6.07, 6.45) is 0.976. The first kappa shape index (κ1) is 12.9. The largest absolute Gasteiger partial charge is 0.479 e. The molecule has 2 rings (SSSR count). The lowest BCUT2D eigenvalue weighted by atomic mass is 10.2. The van der Waals surface area contributed by atoms with E-state index in [1.807, 2.05) is 0 Å². The van der Waals surface area contributed by atoms with Crippen molar-refractivity contribution in [2.45, 2.75) is 19.4 Å². The third-order valence-electron chi connectivity index (χ3n) is 3.05. The van der Waals surface area contributed by atoms with Gasteiger partial charge in [0.15, 0.2) is 6.04 Å². The van der Waals surface area contributed by atoms with Crippen LogP contribution in [0.15, 0.2) is 17.5 Å². The van der Waals surface area contributed by atoms with Gasteiger partial charge in [0, 0.05) is 18.0 Å². The SMILES string of the molecule is CC1CCN(C(=O)NC(C(=O)O)c2cccs2)C1. The number of hydrogen-bond acceptors (Lipinski definition) is 3. The lowest BCUT2D eigenvalue weighted by molar-refractivity contribution is -0.139. The summed E-state index contributed by atoms with van der Waals surface area (Å²) in [6, 6.07) is 2.25. The zero-order chi connectivity index (χ0) is 13.1. The molecular formula is C12H16N2O3S. The number of hydrogen-bond donors (Lipinski definition) is 2. The van der Waals surface area contributed by atoms with Gasteiger partial charge in [0.1, 0.15) is 0 Å². The third kappa shape index (κ3) is 2.81. The number of urea groups is 1. The zero-order valence-electron chi connectivity index (χ0n) is 10.1. The molecule has 6 heteroatoms. The van der Waals surface area contributed by atoms with Gasteiger partial charge in [-0.25, -0.2) is 9.59 Å². The average Bonchev–Trinajstić information content (AvgIpc) is 2.95. The van der Waals surface area contributed by atoms with Gasteiger partial charge in [-0.2, -0.15) is 0 Å². The number of carbonyl (C=O) groups is 2. The zero-order valence-corrected chi connectivity index (χ0v) is 10.9. The number of nitrogens with one attached hydrogen (secondary N) is 1. The molecule has 2 atom stereocenters. The first-order chi connectivity index (χ1) is 8.58. The molecule has 0 radical (unpaired) electrons. The van der Waals surface area contributed by atoms with Crippen LogP contribution in [0.4, 0.5) is 4.79 Å². The van der Waals surface area contributed by atoms with Crippen molar-refractivity contribution in [1.29, 1.82) is 0 Å². The predicted octanol–water partition coefficient (Wildman–Crippen LogP) is 1.93. The molecule has 1 aliphatic rings. The number of rotatable bonds is 3. The molecule has 2 unspecified atom stereocenters. The van der Waals surface area contributed by atoms with Crippen LogP contribution >= 0.6 is 11.3 Å². The van der Waals surface area contributed by atoms with Crippen molar-refractivity contribution in [1.82, 2.24) is 10.2 Å². The number of likely N-dealkylation sites (tertiary alicyclic amines) is 1. The summed E-state index contributed by atoms with van der Waals surface area (Å²) in [5.41, 5.74) is 0. The van der Waals surface area contributed by atoms with Crippen LogP contribution in [0, 0.1) is 5.92 Å². The Morgan fingerprint density at radius 3 is 2.89 bits per heavy atom. The van der Waals surface area contributed by atoms with E-state index in [0.717, 1.165) is 6.42 Å². The summed E-state index contributed by atoms with van der Waals surface area (Å²) in [5.74, 6) is -0.543. The van der Waals surface area contributed by atoms with E-state index < -0.39 is 12.0 Å². The smallest absolute Gasteiger partial charge is 0.331 e. The van der Waals surface area contributed by atoms with Gasteiger partial charge in [0.25, 0.3) is 0 Å². The van der Waals surface area contributed by atoms with E-state index in [4.69, 9.17) is 5.11 Å². The summed E-state index contributed by atoms with van der Waals surface area (Å²) in [6.45, 7) is 3.48. The maximum Gasteiger partial charge on any atom is 0.331 e. The number of nitrogens with zero attached hydrogens (tertiary/aromatic N) is 1. The van der Waals surface area contributed by atoms with Gasteiger partial charge in [0.2, 0.25) is 0 Å². The number of aliphatic carboxylic acids is 1. The standard InChI is InChI=1S/C12H16N2O3S/c1-8-4-5-14(7-8)12(17)13-10(11(15)16)9-3-2-6-18-9/h2-3,6,8,10H,4-5,7H2,1H3,(H,13,17)(H,15,16). The Kier molecular flexibility index (Phi) is 3.86. The fourth-order valence-corrected chi connectivity index (χ4v) is 2.81. The molecule has 0 bridgehead atoms. The fourth-order valence-electron chi connectivity index (χ4n) is 2.04. The Balaban J connectivity index is 2.01. The summed E-state index contributed by atoms with van der Waals surface area (Å²) in [7, 11) is 0. The van der Waals surface area contributed by atoms with Gasteiger partial charge in [-0.3, -0.25) is 0 Å². The first-order valence-electron chi connectivity index (χ1n) is 5.89. The molecule has 0 saturated carbocycles. The highest BCUT2D eigenvalue weighted by Crippen LogP contribution is 2.21. The molecule has 18 heavy (non-hydrogen) atoms.